The molecule has 2 aromatic rings. The van der Waals surface area contributed by atoms with Gasteiger partial charge in [-0.25, -0.2) is 0 Å². The van der Waals surface area contributed by atoms with Gasteiger partial charge >= 0.3 is 5.97 Å². The van der Waals surface area contributed by atoms with Crippen molar-refractivity contribution in [3.63, 3.8) is 0 Å². The molecule has 138 valence electrons. The first-order chi connectivity index (χ1) is 12.4. The number of Topliss-reactive ketones (excluding diaryl/α,β-unsaturated/α-hetero) is 1. The molecule has 2 rings (SSSR count). The van der Waals surface area contributed by atoms with Crippen LogP contribution in [0.5, 0.6) is 0 Å². The van der Waals surface area contributed by atoms with Gasteiger partial charge in [-0.1, -0.05) is 23.7 Å². The molecule has 1 atom stereocenters. The second kappa shape index (κ2) is 9.50. The Hall–Kier alpha value is -2.18. The van der Waals surface area contributed by atoms with Crippen molar-refractivity contribution in [3.05, 3.63) is 56.7 Å². The molecule has 0 bridgehead atoms. The van der Waals surface area contributed by atoms with Crippen LogP contribution in [0, 0.1) is 6.92 Å². The molecule has 26 heavy (non-hydrogen) atoms. The highest BCUT2D eigenvalue weighted by molar-refractivity contribution is 7.14. The van der Waals surface area contributed by atoms with Crippen LogP contribution in [0.2, 0.25) is 5.02 Å². The van der Waals surface area contributed by atoms with Crippen molar-refractivity contribution in [2.24, 2.45) is 0 Å². The van der Waals surface area contributed by atoms with Crippen molar-refractivity contribution in [2.45, 2.75) is 32.2 Å². The minimum atomic E-state index is -0.536. The lowest BCUT2D eigenvalue weighted by Gasteiger charge is -2.18. The zero-order valence-corrected chi connectivity index (χ0v) is 16.2. The van der Waals surface area contributed by atoms with Crippen LogP contribution in [0.15, 0.2) is 36.4 Å². The number of methoxy groups -OCH3 is 1. The first-order valence-electron chi connectivity index (χ1n) is 8.10. The Kier molecular flexibility index (Phi) is 7.36. The highest BCUT2D eigenvalue weighted by atomic mass is 35.5. The van der Waals surface area contributed by atoms with Gasteiger partial charge in [0.2, 0.25) is 5.91 Å². The predicted octanol–water partition coefficient (Wildman–Crippen LogP) is 4.09. The van der Waals surface area contributed by atoms with E-state index in [1.807, 2.05) is 13.0 Å². The van der Waals surface area contributed by atoms with Crippen LogP contribution in [0.3, 0.4) is 0 Å². The van der Waals surface area contributed by atoms with Crippen molar-refractivity contribution in [1.29, 1.82) is 0 Å². The van der Waals surface area contributed by atoms with Gasteiger partial charge in [0.15, 0.2) is 5.78 Å². The monoisotopic (exact) mass is 393 g/mol. The van der Waals surface area contributed by atoms with Gasteiger partial charge in [-0.15, -0.1) is 11.3 Å². The molecule has 0 saturated heterocycles. The number of ether oxygens (including phenoxy) is 1. The van der Waals surface area contributed by atoms with Gasteiger partial charge in [-0.05, 0) is 36.8 Å². The van der Waals surface area contributed by atoms with Crippen LogP contribution in [-0.4, -0.2) is 24.8 Å². The van der Waals surface area contributed by atoms with E-state index in [1.54, 1.807) is 30.3 Å². The van der Waals surface area contributed by atoms with Crippen molar-refractivity contribution in [3.8, 4) is 0 Å². The second-order valence-corrected chi connectivity index (χ2v) is 7.51. The van der Waals surface area contributed by atoms with Gasteiger partial charge in [0, 0.05) is 22.7 Å². The van der Waals surface area contributed by atoms with Crippen LogP contribution in [0.25, 0.3) is 0 Å². The predicted molar refractivity (Wildman–Crippen MR) is 102 cm³/mol. The number of nitrogens with one attached hydrogen (secondary N) is 1. The quantitative estimate of drug-likeness (QED) is 0.541. The molecule has 1 amide bonds. The van der Waals surface area contributed by atoms with Gasteiger partial charge in [0.25, 0.3) is 0 Å². The normalized spacial score (nSPS) is 11.7. The van der Waals surface area contributed by atoms with E-state index >= 15 is 0 Å². The minimum absolute atomic E-state index is 0.00192. The van der Waals surface area contributed by atoms with E-state index in [0.717, 1.165) is 10.4 Å². The summed E-state index contributed by atoms with van der Waals surface area (Å²) in [5.74, 6) is -0.792. The van der Waals surface area contributed by atoms with Crippen LogP contribution in [0.4, 0.5) is 0 Å². The molecule has 0 aliphatic rings. The van der Waals surface area contributed by atoms with Crippen LogP contribution >= 0.6 is 22.9 Å². The highest BCUT2D eigenvalue weighted by Gasteiger charge is 2.20. The number of carbonyl (C=O) groups is 3. The molecule has 1 aromatic heterocycles. The first kappa shape index (κ1) is 20.1. The molecule has 5 nitrogen and oxygen atoms in total. The molecule has 0 fully saturated rings. The lowest BCUT2D eigenvalue weighted by atomic mass is 10.0. The van der Waals surface area contributed by atoms with Crippen molar-refractivity contribution in [1.82, 2.24) is 5.32 Å². The standard InChI is InChI=1S/C19H20ClNO4S/c1-12-3-9-17(26-12)16(22)8-10-18(23)21-15(11-19(24)25-2)13-4-6-14(20)7-5-13/h3-7,9,15H,8,10-11H2,1-2H3,(H,21,23). The summed E-state index contributed by atoms with van der Waals surface area (Å²) in [4.78, 5) is 37.7. The highest BCUT2D eigenvalue weighted by Crippen LogP contribution is 2.21. The summed E-state index contributed by atoms with van der Waals surface area (Å²) in [6, 6.07) is 9.99. The molecule has 7 heteroatoms. The summed E-state index contributed by atoms with van der Waals surface area (Å²) in [5, 5.41) is 3.36. The number of halogens is 1. The fourth-order valence-electron chi connectivity index (χ4n) is 2.40. The van der Waals surface area contributed by atoms with E-state index in [1.165, 1.54) is 18.4 Å². The average Bonchev–Trinajstić information content (AvgIpc) is 3.06. The molecule has 0 radical (unpaired) electrons. The number of benzene rings is 1. The molecular weight excluding hydrogens is 374 g/mol. The van der Waals surface area contributed by atoms with Crippen molar-refractivity contribution >= 4 is 40.6 Å². The largest absolute Gasteiger partial charge is 0.469 e. The zero-order valence-electron chi connectivity index (χ0n) is 14.6. The molecule has 0 spiro atoms. The molecular formula is C19H20ClNO4S. The Labute approximate surface area is 161 Å². The summed E-state index contributed by atoms with van der Waals surface area (Å²) < 4.78 is 4.70. The van der Waals surface area contributed by atoms with Crippen LogP contribution in [-0.2, 0) is 14.3 Å². The maximum Gasteiger partial charge on any atom is 0.307 e. The summed E-state index contributed by atoms with van der Waals surface area (Å²) >= 11 is 7.30. The molecule has 0 aliphatic heterocycles. The Balaban J connectivity index is 1.97. The molecule has 1 unspecified atom stereocenters. The van der Waals surface area contributed by atoms with Gasteiger partial charge in [0.05, 0.1) is 24.4 Å². The zero-order chi connectivity index (χ0) is 19.1. The number of hydrogen-bond acceptors (Lipinski definition) is 5. The Morgan fingerprint density at radius 2 is 1.81 bits per heavy atom. The van der Waals surface area contributed by atoms with Crippen LogP contribution < -0.4 is 5.32 Å². The molecule has 0 aliphatic carbocycles. The third-order valence-corrected chi connectivity index (χ3v) is 5.09. The third-order valence-electron chi connectivity index (χ3n) is 3.80. The Morgan fingerprint density at radius 1 is 1.12 bits per heavy atom. The molecule has 1 aromatic carbocycles. The number of thiophene rings is 1. The maximum atomic E-state index is 12.3. The topological polar surface area (TPSA) is 72.5 Å². The van der Waals surface area contributed by atoms with Crippen LogP contribution in [0.1, 0.15) is 45.4 Å². The molecule has 1 heterocycles. The number of rotatable bonds is 8. The van der Waals surface area contributed by atoms with E-state index in [2.05, 4.69) is 5.32 Å². The number of hydrogen-bond donors (Lipinski definition) is 1. The summed E-state index contributed by atoms with van der Waals surface area (Å²) in [6.07, 6.45) is 0.181. The third kappa shape index (κ3) is 5.97. The van der Waals surface area contributed by atoms with Crippen molar-refractivity contribution in [2.75, 3.05) is 7.11 Å². The summed E-state index contributed by atoms with van der Waals surface area (Å²) in [6.45, 7) is 1.93. The Morgan fingerprint density at radius 3 is 2.38 bits per heavy atom. The smallest absolute Gasteiger partial charge is 0.307 e. The van der Waals surface area contributed by atoms with Gasteiger partial charge in [-0.3, -0.25) is 14.4 Å². The lowest BCUT2D eigenvalue weighted by molar-refractivity contribution is -0.141. The average molecular weight is 394 g/mol. The van der Waals surface area contributed by atoms with E-state index < -0.39 is 12.0 Å². The molecule has 1 N–H and O–H groups in total. The number of aryl methyl sites for hydroxylation is 1. The van der Waals surface area contributed by atoms with E-state index in [4.69, 9.17) is 16.3 Å². The number of esters is 1. The Bertz CT molecular complexity index is 785. The van der Waals surface area contributed by atoms with E-state index in [-0.39, 0.29) is 31.0 Å². The second-order valence-electron chi connectivity index (χ2n) is 5.79. The lowest BCUT2D eigenvalue weighted by Crippen LogP contribution is -2.30. The SMILES string of the molecule is COC(=O)CC(NC(=O)CCC(=O)c1ccc(C)s1)c1ccc(Cl)cc1. The van der Waals surface area contributed by atoms with E-state index in [0.29, 0.717) is 9.90 Å². The maximum absolute atomic E-state index is 12.3. The summed E-state index contributed by atoms with van der Waals surface area (Å²) in [7, 11) is 1.30. The summed E-state index contributed by atoms with van der Waals surface area (Å²) in [5.41, 5.74) is 0.744. The molecule has 0 saturated carbocycles. The number of ketones is 1. The van der Waals surface area contributed by atoms with E-state index in [9.17, 15) is 14.4 Å². The van der Waals surface area contributed by atoms with Crippen molar-refractivity contribution < 1.29 is 19.1 Å². The number of carbonyl (C=O) groups excluding carboxylic acids is 3. The van der Waals surface area contributed by atoms with Gasteiger partial charge in [0.1, 0.15) is 0 Å². The van der Waals surface area contributed by atoms with Gasteiger partial charge in [-0.2, -0.15) is 0 Å². The fraction of sp³-hybridized carbons (Fsp3) is 0.316. The fourth-order valence-corrected chi connectivity index (χ4v) is 3.36. The number of amides is 1. The van der Waals surface area contributed by atoms with Gasteiger partial charge < -0.3 is 10.1 Å². The minimum Gasteiger partial charge on any atom is -0.469 e. The first-order valence-corrected chi connectivity index (χ1v) is 9.29.